The van der Waals surface area contributed by atoms with Crippen LogP contribution < -0.4 is 20.7 Å². The first kappa shape index (κ1) is 49.9. The molecule has 9 heteroatoms. The summed E-state index contributed by atoms with van der Waals surface area (Å²) in [7, 11) is -2.97. The highest BCUT2D eigenvalue weighted by Crippen LogP contribution is 2.41. The van der Waals surface area contributed by atoms with Gasteiger partial charge in [-0.25, -0.2) is 24.6 Å². The van der Waals surface area contributed by atoms with Gasteiger partial charge in [0.2, 0.25) is 0 Å². The molecule has 0 saturated heterocycles. The van der Waals surface area contributed by atoms with Crippen molar-refractivity contribution in [3.63, 3.8) is 0 Å². The summed E-state index contributed by atoms with van der Waals surface area (Å²) in [4.78, 5) is 23.3. The molecule has 0 aliphatic carbocycles. The first-order chi connectivity index (χ1) is 40.4. The predicted molar refractivity (Wildman–Crippen MR) is 332 cm³/mol. The third-order valence-corrected chi connectivity index (χ3v) is 20.0. The molecule has 0 atom stereocenters. The minimum absolute atomic E-state index is 0.377. The van der Waals surface area contributed by atoms with E-state index in [1.165, 1.54) is 20.7 Å². The van der Waals surface area contributed by atoms with E-state index in [-0.39, 0.29) is 0 Å². The molecule has 0 spiro atoms. The van der Waals surface area contributed by atoms with Gasteiger partial charge in [0, 0.05) is 44.3 Å². The van der Waals surface area contributed by atoms with Crippen LogP contribution >= 0.6 is 0 Å². The van der Waals surface area contributed by atoms with E-state index in [4.69, 9.17) is 28.1 Å². The zero-order valence-electron chi connectivity index (χ0n) is 44.0. The normalized spacial score (nSPS) is 11.1. The number of aromatic nitrogens is 4. The van der Waals surface area contributed by atoms with E-state index < -0.39 is 8.07 Å². The summed E-state index contributed by atoms with van der Waals surface area (Å²) in [5.74, 6) is 1.58. The molecule has 2 aromatic heterocycles. The molecule has 0 fully saturated rings. The summed E-state index contributed by atoms with van der Waals surface area (Å²) < 4.78 is 2.25. The third kappa shape index (κ3) is 9.04. The molecule has 13 aromatic rings. The molecule has 0 radical (unpaired) electrons. The standard InChI is InChI=1S/C73H44N8Si/c1-76-58-39-49(47-74)37-56(41-58)53-31-35-69-66(44-53)67-45-54(57-38-50(48-75)40-59(42-57)77-2)32-36-70(67)81(69)60-33-34-65(68(46-60)73-79-71(51-19-8-3-9-20-51)78-72(80-73)52-21-10-4-11-22-52)55-23-18-30-64(43-55)82(61-24-12-5-13-25-61,62-26-14-6-15-27-62)63-28-16-7-17-29-63/h3-46H. The Morgan fingerprint density at radius 3 is 1.22 bits per heavy atom. The van der Waals surface area contributed by atoms with E-state index in [0.29, 0.717) is 40.0 Å². The van der Waals surface area contributed by atoms with Crippen molar-refractivity contribution in [2.24, 2.45) is 0 Å². The van der Waals surface area contributed by atoms with Crippen molar-refractivity contribution in [2.45, 2.75) is 0 Å². The Balaban J connectivity index is 1.09. The zero-order valence-corrected chi connectivity index (χ0v) is 45.0. The van der Waals surface area contributed by atoms with Gasteiger partial charge in [-0.1, -0.05) is 194 Å². The monoisotopic (exact) mass is 1060 g/mol. The van der Waals surface area contributed by atoms with Gasteiger partial charge < -0.3 is 4.57 Å². The van der Waals surface area contributed by atoms with Crippen molar-refractivity contribution in [1.29, 1.82) is 10.5 Å². The van der Waals surface area contributed by atoms with Crippen LogP contribution in [0.15, 0.2) is 267 Å². The molecule has 2 heterocycles. The molecule has 13 rings (SSSR count). The lowest BCUT2D eigenvalue weighted by Crippen LogP contribution is -2.74. The van der Waals surface area contributed by atoms with Crippen LogP contribution in [0.25, 0.3) is 105 Å². The SMILES string of the molecule is [C-]#[N+]c1cc(C#N)cc(-c2ccc3c(c2)c2cc(-c4cc(C#N)cc([N+]#[C-])c4)ccc2n3-c2ccc(-c3cccc([Si](c4ccccc4)(c4ccccc4)c4ccccc4)c3)c(-c3nc(-c4ccccc4)nc(-c4ccccc4)n3)c2)c1. The van der Waals surface area contributed by atoms with Crippen molar-refractivity contribution < 1.29 is 0 Å². The third-order valence-electron chi connectivity index (χ3n) is 15.2. The minimum Gasteiger partial charge on any atom is -0.309 e. The second-order valence-electron chi connectivity index (χ2n) is 20.0. The van der Waals surface area contributed by atoms with Crippen molar-refractivity contribution in [1.82, 2.24) is 19.5 Å². The average Bonchev–Trinajstić information content (AvgIpc) is 3.83. The number of hydrogen-bond donors (Lipinski definition) is 0. The first-order valence-corrected chi connectivity index (χ1v) is 28.7. The van der Waals surface area contributed by atoms with Crippen LogP contribution in [-0.2, 0) is 0 Å². The molecule has 0 saturated carbocycles. The van der Waals surface area contributed by atoms with E-state index in [1.807, 2.05) is 97.1 Å². The van der Waals surface area contributed by atoms with E-state index in [9.17, 15) is 10.5 Å². The molecular formula is C73H44N8Si. The van der Waals surface area contributed by atoms with Crippen molar-refractivity contribution >= 4 is 62.0 Å². The maximum atomic E-state index is 10.0. The first-order valence-electron chi connectivity index (χ1n) is 26.7. The van der Waals surface area contributed by atoms with Crippen LogP contribution in [0.5, 0.6) is 0 Å². The van der Waals surface area contributed by atoms with Gasteiger partial charge in [-0.15, -0.1) is 0 Å². The maximum Gasteiger partial charge on any atom is 0.189 e. The molecule has 0 amide bonds. The van der Waals surface area contributed by atoms with Gasteiger partial charge in [0.05, 0.1) is 36.3 Å². The van der Waals surface area contributed by atoms with Crippen LogP contribution in [0.4, 0.5) is 11.4 Å². The number of rotatable bonds is 11. The molecule has 0 unspecified atom stereocenters. The number of nitriles is 2. The maximum absolute atomic E-state index is 10.0. The molecule has 0 bridgehead atoms. The topological polar surface area (TPSA) is 99.9 Å². The zero-order chi connectivity index (χ0) is 55.6. The van der Waals surface area contributed by atoms with Crippen LogP contribution in [0.3, 0.4) is 0 Å². The number of fused-ring (bicyclic) bond motifs is 3. The molecule has 0 aliphatic heterocycles. The van der Waals surface area contributed by atoms with Crippen LogP contribution in [-0.4, -0.2) is 27.6 Å². The highest BCUT2D eigenvalue weighted by Gasteiger charge is 2.41. The Morgan fingerprint density at radius 1 is 0.341 bits per heavy atom. The van der Waals surface area contributed by atoms with Gasteiger partial charge in [0.1, 0.15) is 0 Å². The lowest BCUT2D eigenvalue weighted by atomic mass is 9.98. The summed E-state index contributed by atoms with van der Waals surface area (Å²) >= 11 is 0. The summed E-state index contributed by atoms with van der Waals surface area (Å²) in [5.41, 5.74) is 11.8. The Kier molecular flexibility index (Phi) is 13.0. The van der Waals surface area contributed by atoms with Gasteiger partial charge in [-0.3, -0.25) is 0 Å². The quantitative estimate of drug-likeness (QED) is 0.0730. The van der Waals surface area contributed by atoms with Gasteiger partial charge in [0.15, 0.2) is 36.9 Å². The summed E-state index contributed by atoms with van der Waals surface area (Å²) in [5, 5.41) is 26.9. The molecule has 82 heavy (non-hydrogen) atoms. The van der Waals surface area contributed by atoms with Gasteiger partial charge >= 0.3 is 0 Å². The Morgan fingerprint density at radius 2 is 0.768 bits per heavy atom. The van der Waals surface area contributed by atoms with Crippen molar-refractivity contribution in [3.8, 4) is 85.4 Å². The fourth-order valence-corrected chi connectivity index (χ4v) is 16.3. The smallest absolute Gasteiger partial charge is 0.189 e. The largest absolute Gasteiger partial charge is 0.309 e. The van der Waals surface area contributed by atoms with Gasteiger partial charge in [-0.2, -0.15) is 10.5 Å². The van der Waals surface area contributed by atoms with E-state index in [2.05, 4.69) is 184 Å². The molecular weight excluding hydrogens is 1020 g/mol. The summed E-state index contributed by atoms with van der Waals surface area (Å²) in [6, 6.07) is 95.8. The molecule has 8 nitrogen and oxygen atoms in total. The van der Waals surface area contributed by atoms with Gasteiger partial charge in [0.25, 0.3) is 0 Å². The highest BCUT2D eigenvalue weighted by atomic mass is 28.3. The summed E-state index contributed by atoms with van der Waals surface area (Å²) in [6.07, 6.45) is 0. The number of hydrogen-bond acceptors (Lipinski definition) is 5. The van der Waals surface area contributed by atoms with Crippen LogP contribution in [0, 0.1) is 35.8 Å². The second kappa shape index (κ2) is 21.3. The van der Waals surface area contributed by atoms with E-state index in [1.54, 1.807) is 12.1 Å². The lowest BCUT2D eigenvalue weighted by Gasteiger charge is -2.34. The second-order valence-corrected chi connectivity index (χ2v) is 23.8. The average molecular weight is 1060 g/mol. The van der Waals surface area contributed by atoms with Crippen molar-refractivity contribution in [3.05, 3.63) is 301 Å². The minimum atomic E-state index is -2.97. The Hall–Kier alpha value is -11.6. The Labute approximate surface area is 475 Å². The fraction of sp³-hybridized carbons (Fsp3) is 0. The fourth-order valence-electron chi connectivity index (χ4n) is 11.5. The lowest BCUT2D eigenvalue weighted by molar-refractivity contribution is 1.07. The molecule has 380 valence electrons. The Bertz CT molecular complexity index is 4430. The number of benzene rings is 11. The van der Waals surface area contributed by atoms with Crippen LogP contribution in [0.2, 0.25) is 0 Å². The molecule has 0 N–H and O–H groups in total. The summed E-state index contributed by atoms with van der Waals surface area (Å²) in [6.45, 7) is 15.7. The van der Waals surface area contributed by atoms with Crippen LogP contribution in [0.1, 0.15) is 11.1 Å². The molecule has 0 aliphatic rings. The highest BCUT2D eigenvalue weighted by molar-refractivity contribution is 7.19. The number of nitrogens with zero attached hydrogens (tertiary/aromatic N) is 8. The molecule has 11 aromatic carbocycles. The predicted octanol–water partition coefficient (Wildman–Crippen LogP) is 15.2. The van der Waals surface area contributed by atoms with E-state index in [0.717, 1.165) is 77.6 Å². The van der Waals surface area contributed by atoms with Gasteiger partial charge in [-0.05, 0) is 127 Å². The van der Waals surface area contributed by atoms with E-state index >= 15 is 0 Å². The van der Waals surface area contributed by atoms with Crippen molar-refractivity contribution in [2.75, 3.05) is 0 Å².